The number of alkyl halides is 6. The number of nitrogens with one attached hydrogen (secondary N) is 2. The molecule has 1 saturated heterocycles. The summed E-state index contributed by atoms with van der Waals surface area (Å²) in [6.45, 7) is 2.01. The molecule has 8 nitrogen and oxygen atoms in total. The maximum absolute atomic E-state index is 13.6. The number of carboxylic acids is 1. The van der Waals surface area contributed by atoms with E-state index in [2.05, 4.69) is 27.7 Å². The Morgan fingerprint density at radius 2 is 1.64 bits per heavy atom. The Morgan fingerprint density at radius 1 is 0.978 bits per heavy atom. The lowest BCUT2D eigenvalue weighted by atomic mass is 9.65. The molecule has 2 aromatic rings. The third kappa shape index (κ3) is 8.10. The van der Waals surface area contributed by atoms with Gasteiger partial charge in [-0.05, 0) is 86.9 Å². The van der Waals surface area contributed by atoms with Crippen LogP contribution in [-0.2, 0) is 16.4 Å². The van der Waals surface area contributed by atoms with Gasteiger partial charge in [0.2, 0.25) is 0 Å². The van der Waals surface area contributed by atoms with Crippen LogP contribution in [0.5, 0.6) is 11.5 Å². The van der Waals surface area contributed by atoms with E-state index in [1.807, 2.05) is 6.07 Å². The van der Waals surface area contributed by atoms with Gasteiger partial charge in [-0.25, -0.2) is 14.0 Å². The van der Waals surface area contributed by atoms with Gasteiger partial charge in [0, 0.05) is 29.7 Å². The van der Waals surface area contributed by atoms with Gasteiger partial charge in [-0.3, -0.25) is 4.90 Å². The molecule has 248 valence electrons. The molecule has 0 radical (unpaired) electrons. The molecular weight excluding hydrogens is 615 g/mol. The van der Waals surface area contributed by atoms with Crippen molar-refractivity contribution in [2.45, 2.75) is 68.4 Å². The number of aliphatic carboxylic acids is 1. The standard InChI is InChI=1S/C28H33F4N3O3.C2HF3O2/c1-37-23-8-5-18(13-24(23)38-2)27-10-9-20(15-25(27)35(12-11-27)16-17-3-4-17)34-26(36)33-19-6-7-22(29)21(14-19)28(30,31)32;3-2(4,5)1(6)7/h5-8,13-14,17,20,25H,3-4,9-12,15-16H2,1-2H3,(H2,33,34,36);(H,6,7)/t20-,25+,27+;/m1./s1. The molecule has 2 aromatic carbocycles. The van der Waals surface area contributed by atoms with Gasteiger partial charge in [0.1, 0.15) is 5.82 Å². The highest BCUT2D eigenvalue weighted by molar-refractivity contribution is 5.89. The highest BCUT2D eigenvalue weighted by Crippen LogP contribution is 2.51. The first-order valence-electron chi connectivity index (χ1n) is 14.3. The van der Waals surface area contributed by atoms with E-state index in [9.17, 15) is 35.5 Å². The quantitative estimate of drug-likeness (QED) is 0.293. The van der Waals surface area contributed by atoms with E-state index in [1.54, 1.807) is 14.2 Å². The van der Waals surface area contributed by atoms with Crippen LogP contribution in [0.3, 0.4) is 0 Å². The Labute approximate surface area is 254 Å². The molecule has 1 heterocycles. The van der Waals surface area contributed by atoms with Gasteiger partial charge in [0.15, 0.2) is 11.5 Å². The monoisotopic (exact) mass is 649 g/mol. The summed E-state index contributed by atoms with van der Waals surface area (Å²) in [7, 11) is 3.24. The van der Waals surface area contributed by atoms with Gasteiger partial charge in [-0.15, -0.1) is 0 Å². The molecule has 0 aromatic heterocycles. The Kier molecular flexibility index (Phi) is 10.1. The molecule has 3 aliphatic rings. The zero-order chi connectivity index (χ0) is 33.2. The van der Waals surface area contributed by atoms with Crippen LogP contribution in [0.15, 0.2) is 36.4 Å². The molecule has 15 heteroatoms. The van der Waals surface area contributed by atoms with E-state index in [0.29, 0.717) is 29.5 Å². The highest BCUT2D eigenvalue weighted by Gasteiger charge is 2.52. The van der Waals surface area contributed by atoms with E-state index in [0.717, 1.165) is 44.8 Å². The number of likely N-dealkylation sites (tertiary alicyclic amines) is 1. The summed E-state index contributed by atoms with van der Waals surface area (Å²) in [5.41, 5.74) is -0.397. The first-order chi connectivity index (χ1) is 21.1. The first-order valence-corrected chi connectivity index (χ1v) is 14.3. The van der Waals surface area contributed by atoms with Crippen molar-refractivity contribution in [2.75, 3.05) is 32.6 Å². The smallest absolute Gasteiger partial charge is 0.490 e. The van der Waals surface area contributed by atoms with E-state index >= 15 is 0 Å². The highest BCUT2D eigenvalue weighted by atomic mass is 19.4. The topological polar surface area (TPSA) is 100 Å². The largest absolute Gasteiger partial charge is 0.493 e. The van der Waals surface area contributed by atoms with Crippen LogP contribution in [-0.4, -0.2) is 67.6 Å². The maximum Gasteiger partial charge on any atom is 0.490 e. The van der Waals surface area contributed by atoms with Gasteiger partial charge in [0.25, 0.3) is 0 Å². The van der Waals surface area contributed by atoms with Gasteiger partial charge in [-0.1, -0.05) is 6.07 Å². The molecule has 45 heavy (non-hydrogen) atoms. The van der Waals surface area contributed by atoms with Crippen molar-refractivity contribution in [3.8, 4) is 11.5 Å². The van der Waals surface area contributed by atoms with E-state index in [1.165, 1.54) is 18.4 Å². The summed E-state index contributed by atoms with van der Waals surface area (Å²) >= 11 is 0. The average Bonchev–Trinajstić information content (AvgIpc) is 3.72. The Hall–Kier alpha value is -3.75. The summed E-state index contributed by atoms with van der Waals surface area (Å²) < 4.78 is 95.6. The Morgan fingerprint density at radius 3 is 2.22 bits per heavy atom. The minimum absolute atomic E-state index is 0.0817. The van der Waals surface area contributed by atoms with Crippen molar-refractivity contribution in [1.29, 1.82) is 0 Å². The molecule has 0 spiro atoms. The zero-order valence-corrected chi connectivity index (χ0v) is 24.5. The number of carbonyl (C=O) groups excluding carboxylic acids is 1. The molecule has 0 bridgehead atoms. The fraction of sp³-hybridized carbons (Fsp3) is 0.533. The number of halogens is 7. The molecule has 2 aliphatic carbocycles. The third-order valence-corrected chi connectivity index (χ3v) is 8.63. The number of ether oxygens (including phenoxy) is 2. The predicted molar refractivity (Wildman–Crippen MR) is 149 cm³/mol. The van der Waals surface area contributed by atoms with Gasteiger partial charge in [-0.2, -0.15) is 26.3 Å². The third-order valence-electron chi connectivity index (χ3n) is 8.63. The van der Waals surface area contributed by atoms with E-state index in [4.69, 9.17) is 19.4 Å². The number of benzene rings is 2. The molecule has 5 rings (SSSR count). The van der Waals surface area contributed by atoms with Gasteiger partial charge in [0.05, 0.1) is 19.8 Å². The second-order valence-corrected chi connectivity index (χ2v) is 11.5. The van der Waals surface area contributed by atoms with Crippen LogP contribution >= 0.6 is 0 Å². The van der Waals surface area contributed by atoms with Crippen molar-refractivity contribution in [1.82, 2.24) is 10.2 Å². The van der Waals surface area contributed by atoms with Gasteiger partial charge >= 0.3 is 24.4 Å². The summed E-state index contributed by atoms with van der Waals surface area (Å²) in [5.74, 6) is -2.05. The molecule has 3 fully saturated rings. The molecular formula is C30H34F7N3O5. The van der Waals surface area contributed by atoms with Crippen LogP contribution < -0.4 is 20.1 Å². The molecule has 1 aliphatic heterocycles. The van der Waals surface area contributed by atoms with Crippen molar-refractivity contribution < 1.29 is 54.9 Å². The number of amides is 2. The molecule has 3 N–H and O–H groups in total. The van der Waals surface area contributed by atoms with Crippen LogP contribution in [0, 0.1) is 11.7 Å². The number of rotatable bonds is 7. The van der Waals surface area contributed by atoms with Crippen LogP contribution in [0.2, 0.25) is 0 Å². The zero-order valence-electron chi connectivity index (χ0n) is 24.5. The minimum Gasteiger partial charge on any atom is -0.493 e. The van der Waals surface area contributed by atoms with Crippen molar-refractivity contribution in [2.24, 2.45) is 5.92 Å². The Bertz CT molecular complexity index is 1380. The number of nitrogens with zero attached hydrogens (tertiary/aromatic N) is 1. The van der Waals surface area contributed by atoms with E-state index < -0.39 is 35.7 Å². The number of methoxy groups -OCH3 is 2. The minimum atomic E-state index is -5.08. The molecule has 0 unspecified atom stereocenters. The predicted octanol–water partition coefficient (Wildman–Crippen LogP) is 6.59. The maximum atomic E-state index is 13.6. The van der Waals surface area contributed by atoms with Crippen molar-refractivity contribution >= 4 is 17.7 Å². The number of anilines is 1. The lowest BCUT2D eigenvalue weighted by molar-refractivity contribution is -0.192. The normalized spacial score (nSPS) is 23.3. The SMILES string of the molecule is COc1ccc([C@@]23CC[C@@H](NC(=O)Nc4ccc(F)c(C(F)(F)F)c4)C[C@@H]2N(CC2CC2)CC3)cc1OC.O=C(O)C(F)(F)F. The molecule has 3 atom stereocenters. The van der Waals surface area contributed by atoms with E-state index in [-0.39, 0.29) is 23.2 Å². The number of hydrogen-bond acceptors (Lipinski definition) is 5. The lowest BCUT2D eigenvalue weighted by Crippen LogP contribution is -2.53. The van der Waals surface area contributed by atoms with Crippen LogP contribution in [0.25, 0.3) is 0 Å². The number of hydrogen-bond donors (Lipinski definition) is 3. The second-order valence-electron chi connectivity index (χ2n) is 11.5. The summed E-state index contributed by atoms with van der Waals surface area (Å²) in [6.07, 6.45) is -4.12. The second kappa shape index (κ2) is 13.3. The number of fused-ring (bicyclic) bond motifs is 1. The fourth-order valence-corrected chi connectivity index (χ4v) is 6.28. The van der Waals surface area contributed by atoms with Crippen molar-refractivity contribution in [3.05, 3.63) is 53.3 Å². The van der Waals surface area contributed by atoms with Crippen LogP contribution in [0.4, 0.5) is 41.2 Å². The summed E-state index contributed by atoms with van der Waals surface area (Å²) in [5, 5.41) is 12.5. The number of carbonyl (C=O) groups is 2. The lowest BCUT2D eigenvalue weighted by Gasteiger charge is -2.45. The summed E-state index contributed by atoms with van der Waals surface area (Å²) in [4.78, 5) is 24.2. The van der Waals surface area contributed by atoms with Crippen LogP contribution in [0.1, 0.15) is 49.7 Å². The Balaban J connectivity index is 0.000000591. The fourth-order valence-electron chi connectivity index (χ4n) is 6.28. The van der Waals surface area contributed by atoms with Gasteiger partial charge < -0.3 is 25.2 Å². The first kappa shape index (κ1) is 34.1. The number of carboxylic acid groups (broad SMARTS) is 1. The van der Waals surface area contributed by atoms with Crippen molar-refractivity contribution in [3.63, 3.8) is 0 Å². The number of urea groups is 1. The summed E-state index contributed by atoms with van der Waals surface area (Å²) in [6, 6.07) is 8.05. The molecule has 2 saturated carbocycles. The molecule has 2 amide bonds. The average molecular weight is 650 g/mol.